The zero-order valence-corrected chi connectivity index (χ0v) is 5.17. The minimum Gasteiger partial charge on any atom is -0.400 e. The van der Waals surface area contributed by atoms with Crippen LogP contribution in [0.4, 0.5) is 0 Å². The number of hydrogen-bond acceptors (Lipinski definition) is 2. The van der Waals surface area contributed by atoms with Crippen LogP contribution in [0.3, 0.4) is 0 Å². The summed E-state index contributed by atoms with van der Waals surface area (Å²) >= 11 is 0. The van der Waals surface area contributed by atoms with Gasteiger partial charge >= 0.3 is 0 Å². The number of allylic oxidation sites excluding steroid dienone is 2. The van der Waals surface area contributed by atoms with E-state index in [0.717, 1.165) is 17.8 Å². The van der Waals surface area contributed by atoms with Crippen LogP contribution in [0.25, 0.3) is 0 Å². The Morgan fingerprint density at radius 3 is 1.78 bits per heavy atom. The quantitative estimate of drug-likeness (QED) is 0.455. The molecule has 0 radical (unpaired) electrons. The van der Waals surface area contributed by atoms with Crippen LogP contribution in [-0.4, -0.2) is 0 Å². The van der Waals surface area contributed by atoms with Crippen molar-refractivity contribution < 1.29 is 0 Å². The summed E-state index contributed by atoms with van der Waals surface area (Å²) in [5.41, 5.74) is 13.1. The topological polar surface area (TPSA) is 52.0 Å². The highest BCUT2D eigenvalue weighted by Crippen LogP contribution is 2.38. The Morgan fingerprint density at radius 2 is 1.56 bits per heavy atom. The van der Waals surface area contributed by atoms with Gasteiger partial charge in [0.1, 0.15) is 0 Å². The van der Waals surface area contributed by atoms with Crippen molar-refractivity contribution in [2.75, 3.05) is 0 Å². The lowest BCUT2D eigenvalue weighted by Gasteiger charge is -2.05. The molecule has 48 valence electrons. The molecule has 2 atom stereocenters. The third-order valence-corrected chi connectivity index (χ3v) is 2.22. The molecule has 0 amide bonds. The van der Waals surface area contributed by atoms with Crippen molar-refractivity contribution in [1.82, 2.24) is 0 Å². The maximum absolute atomic E-state index is 5.67. The third kappa shape index (κ3) is 0.453. The summed E-state index contributed by atoms with van der Waals surface area (Å²) in [4.78, 5) is 0. The molecule has 0 aromatic rings. The first-order chi connectivity index (χ1) is 4.29. The lowest BCUT2D eigenvalue weighted by Crippen LogP contribution is -2.13. The molecule has 0 spiro atoms. The highest BCUT2D eigenvalue weighted by Gasteiger charge is 2.31. The lowest BCUT2D eigenvalue weighted by molar-refractivity contribution is 0.697. The zero-order chi connectivity index (χ0) is 6.43. The highest BCUT2D eigenvalue weighted by atomic mass is 14.7. The number of rotatable bonds is 0. The van der Waals surface area contributed by atoms with Gasteiger partial charge in [0.25, 0.3) is 0 Å². The van der Waals surface area contributed by atoms with Gasteiger partial charge in [-0.3, -0.25) is 0 Å². The molecular weight excluding hydrogens is 112 g/mol. The average molecular weight is 122 g/mol. The van der Waals surface area contributed by atoms with E-state index in [2.05, 4.69) is 12.2 Å². The van der Waals surface area contributed by atoms with Crippen LogP contribution in [0.15, 0.2) is 23.5 Å². The van der Waals surface area contributed by atoms with Crippen LogP contribution < -0.4 is 11.5 Å². The molecule has 2 aliphatic carbocycles. The first-order valence-corrected chi connectivity index (χ1v) is 3.22. The molecule has 2 bridgehead atoms. The Morgan fingerprint density at radius 1 is 1.11 bits per heavy atom. The maximum atomic E-state index is 5.67. The van der Waals surface area contributed by atoms with Crippen molar-refractivity contribution in [3.8, 4) is 0 Å². The van der Waals surface area contributed by atoms with Crippen LogP contribution in [0.5, 0.6) is 0 Å². The molecule has 0 saturated heterocycles. The minimum absolute atomic E-state index is 0.468. The van der Waals surface area contributed by atoms with Crippen molar-refractivity contribution in [3.05, 3.63) is 23.5 Å². The van der Waals surface area contributed by atoms with Crippen molar-refractivity contribution in [3.63, 3.8) is 0 Å². The van der Waals surface area contributed by atoms with Gasteiger partial charge in [0.05, 0.1) is 0 Å². The second kappa shape index (κ2) is 1.32. The molecule has 0 aromatic carbocycles. The van der Waals surface area contributed by atoms with E-state index in [0.29, 0.717) is 11.8 Å². The van der Waals surface area contributed by atoms with Crippen LogP contribution in [0, 0.1) is 11.8 Å². The van der Waals surface area contributed by atoms with Gasteiger partial charge < -0.3 is 11.5 Å². The molecule has 2 heteroatoms. The van der Waals surface area contributed by atoms with E-state index in [1.165, 1.54) is 0 Å². The molecule has 2 rings (SSSR count). The van der Waals surface area contributed by atoms with E-state index in [1.54, 1.807) is 0 Å². The average Bonchev–Trinajstić information content (AvgIpc) is 2.37. The van der Waals surface area contributed by atoms with Crippen molar-refractivity contribution in [2.45, 2.75) is 6.42 Å². The standard InChI is InChI=1S/C7H10N2/c8-6-4-1-2-5(3-4)7(6)9/h1-2,4-5H,3,8-9H2/t4-,5+. The summed E-state index contributed by atoms with van der Waals surface area (Å²) in [6, 6.07) is 0. The van der Waals surface area contributed by atoms with Gasteiger partial charge in [-0.15, -0.1) is 0 Å². The molecule has 0 fully saturated rings. The van der Waals surface area contributed by atoms with E-state index in [9.17, 15) is 0 Å². The Balaban J connectivity index is 2.41. The Hall–Kier alpha value is -0.920. The molecule has 0 aliphatic heterocycles. The Labute approximate surface area is 54.2 Å². The van der Waals surface area contributed by atoms with E-state index < -0.39 is 0 Å². The van der Waals surface area contributed by atoms with Crippen molar-refractivity contribution in [1.29, 1.82) is 0 Å². The van der Waals surface area contributed by atoms with Gasteiger partial charge in [0.2, 0.25) is 0 Å². The van der Waals surface area contributed by atoms with Crippen LogP contribution in [-0.2, 0) is 0 Å². The van der Waals surface area contributed by atoms with Gasteiger partial charge in [-0.2, -0.15) is 0 Å². The fourth-order valence-electron chi connectivity index (χ4n) is 1.59. The van der Waals surface area contributed by atoms with Crippen molar-refractivity contribution in [2.24, 2.45) is 23.3 Å². The van der Waals surface area contributed by atoms with Crippen LogP contribution in [0.2, 0.25) is 0 Å². The van der Waals surface area contributed by atoms with Gasteiger partial charge in [0, 0.05) is 23.2 Å². The summed E-state index contributed by atoms with van der Waals surface area (Å²) in [6.45, 7) is 0. The lowest BCUT2D eigenvalue weighted by atomic mass is 10.1. The normalized spacial score (nSPS) is 38.7. The molecule has 0 unspecified atom stereocenters. The summed E-state index contributed by atoms with van der Waals surface area (Å²) in [5, 5.41) is 0. The first-order valence-electron chi connectivity index (χ1n) is 3.22. The fraction of sp³-hybridized carbons (Fsp3) is 0.429. The summed E-state index contributed by atoms with van der Waals surface area (Å²) in [7, 11) is 0. The molecule has 4 N–H and O–H groups in total. The smallest absolute Gasteiger partial charge is 0.0347 e. The molecule has 2 aliphatic rings. The zero-order valence-electron chi connectivity index (χ0n) is 5.17. The fourth-order valence-corrected chi connectivity index (χ4v) is 1.59. The van der Waals surface area contributed by atoms with E-state index in [-0.39, 0.29) is 0 Å². The second-order valence-corrected chi connectivity index (χ2v) is 2.74. The van der Waals surface area contributed by atoms with Gasteiger partial charge in [-0.25, -0.2) is 0 Å². The highest BCUT2D eigenvalue weighted by molar-refractivity contribution is 5.33. The molecule has 2 nitrogen and oxygen atoms in total. The predicted octanol–water partition coefficient (Wildman–Crippen LogP) is 0.321. The van der Waals surface area contributed by atoms with Gasteiger partial charge in [-0.05, 0) is 6.42 Å². The van der Waals surface area contributed by atoms with Crippen molar-refractivity contribution >= 4 is 0 Å². The molecule has 9 heavy (non-hydrogen) atoms. The second-order valence-electron chi connectivity index (χ2n) is 2.74. The molecule has 0 aromatic heterocycles. The first kappa shape index (κ1) is 4.91. The largest absolute Gasteiger partial charge is 0.400 e. The molecular formula is C7H10N2. The Bertz CT molecular complexity index is 183. The SMILES string of the molecule is NC1=C(N)[C@H]2C=C[C@@H]1C2. The van der Waals surface area contributed by atoms with E-state index in [4.69, 9.17) is 11.5 Å². The molecule has 0 saturated carbocycles. The minimum atomic E-state index is 0.468. The number of nitrogens with two attached hydrogens (primary N) is 2. The maximum Gasteiger partial charge on any atom is 0.0347 e. The summed E-state index contributed by atoms with van der Waals surface area (Å²) < 4.78 is 0. The van der Waals surface area contributed by atoms with Crippen LogP contribution in [0.1, 0.15) is 6.42 Å². The predicted molar refractivity (Wildman–Crippen MR) is 36.1 cm³/mol. The number of fused-ring (bicyclic) bond motifs is 2. The summed E-state index contributed by atoms with van der Waals surface area (Å²) in [5.74, 6) is 0.935. The summed E-state index contributed by atoms with van der Waals surface area (Å²) in [6.07, 6.45) is 5.42. The van der Waals surface area contributed by atoms with Gasteiger partial charge in [0.15, 0.2) is 0 Å². The van der Waals surface area contributed by atoms with Crippen LogP contribution >= 0.6 is 0 Å². The number of hydrogen-bond donors (Lipinski definition) is 2. The van der Waals surface area contributed by atoms with E-state index >= 15 is 0 Å². The third-order valence-electron chi connectivity index (χ3n) is 2.22. The van der Waals surface area contributed by atoms with E-state index in [1.807, 2.05) is 0 Å². The Kier molecular flexibility index (Phi) is 0.721. The molecule has 0 heterocycles. The van der Waals surface area contributed by atoms with Gasteiger partial charge in [-0.1, -0.05) is 12.2 Å². The monoisotopic (exact) mass is 122 g/mol.